The minimum absolute atomic E-state index is 0.152. The lowest BCUT2D eigenvalue weighted by molar-refractivity contribution is 0.0712. The Balaban J connectivity index is 1.74. The van der Waals surface area contributed by atoms with Gasteiger partial charge in [-0.3, -0.25) is 9.59 Å². The minimum atomic E-state index is -0.240. The molecule has 132 valence electrons. The average Bonchev–Trinajstić information content (AvgIpc) is 2.63. The van der Waals surface area contributed by atoms with E-state index >= 15 is 0 Å². The molecule has 0 spiro atoms. The number of piperidine rings is 1. The molecule has 4 nitrogen and oxygen atoms in total. The molecule has 1 aromatic carbocycles. The normalized spacial score (nSPS) is 15.4. The molecule has 1 aliphatic rings. The van der Waals surface area contributed by atoms with Crippen molar-refractivity contribution < 1.29 is 9.18 Å². The molecule has 25 heavy (non-hydrogen) atoms. The second-order valence-corrected chi connectivity index (χ2v) is 6.89. The fourth-order valence-electron chi connectivity index (χ4n) is 3.34. The summed E-state index contributed by atoms with van der Waals surface area (Å²) >= 11 is 6.23. The van der Waals surface area contributed by atoms with Gasteiger partial charge in [0.1, 0.15) is 5.82 Å². The average molecular weight is 363 g/mol. The van der Waals surface area contributed by atoms with E-state index in [4.69, 9.17) is 11.6 Å². The van der Waals surface area contributed by atoms with Crippen molar-refractivity contribution in [3.05, 3.63) is 68.3 Å². The van der Waals surface area contributed by atoms with Crippen molar-refractivity contribution in [3.63, 3.8) is 0 Å². The Morgan fingerprint density at radius 3 is 2.40 bits per heavy atom. The van der Waals surface area contributed by atoms with Crippen LogP contribution in [0.5, 0.6) is 0 Å². The van der Waals surface area contributed by atoms with Gasteiger partial charge in [-0.05, 0) is 43.4 Å². The highest BCUT2D eigenvalue weighted by Gasteiger charge is 2.26. The van der Waals surface area contributed by atoms with E-state index < -0.39 is 0 Å². The highest BCUT2D eigenvalue weighted by molar-refractivity contribution is 6.34. The number of aryl methyl sites for hydroxylation is 1. The first-order chi connectivity index (χ1) is 11.9. The lowest BCUT2D eigenvalue weighted by Crippen LogP contribution is -2.38. The van der Waals surface area contributed by atoms with Crippen LogP contribution in [-0.4, -0.2) is 28.5 Å². The Bertz CT molecular complexity index is 853. The molecule has 0 radical (unpaired) electrons. The van der Waals surface area contributed by atoms with E-state index in [2.05, 4.69) is 0 Å². The molecule has 2 aromatic rings. The summed E-state index contributed by atoms with van der Waals surface area (Å²) in [6.07, 6.45) is 3.14. The maximum atomic E-state index is 13.1. The van der Waals surface area contributed by atoms with Gasteiger partial charge in [0, 0.05) is 31.9 Å². The molecule has 0 aliphatic carbocycles. The second kappa shape index (κ2) is 7.00. The fourth-order valence-corrected chi connectivity index (χ4v) is 3.55. The van der Waals surface area contributed by atoms with Crippen LogP contribution in [-0.2, 0) is 7.05 Å². The molecular formula is C19H20ClFN2O2. The lowest BCUT2D eigenvalue weighted by Gasteiger charge is -2.32. The molecule has 0 unspecified atom stereocenters. The van der Waals surface area contributed by atoms with Crippen LogP contribution >= 0.6 is 11.6 Å². The molecule has 0 N–H and O–H groups in total. The first-order valence-electron chi connectivity index (χ1n) is 8.29. The summed E-state index contributed by atoms with van der Waals surface area (Å²) in [7, 11) is 1.61. The van der Waals surface area contributed by atoms with Gasteiger partial charge in [-0.25, -0.2) is 4.39 Å². The number of hydrogen-bond donors (Lipinski definition) is 0. The Hall–Kier alpha value is -2.14. The van der Waals surface area contributed by atoms with Crippen molar-refractivity contribution >= 4 is 17.5 Å². The van der Waals surface area contributed by atoms with Crippen molar-refractivity contribution in [1.29, 1.82) is 0 Å². The molecule has 1 amide bonds. The monoisotopic (exact) mass is 362 g/mol. The van der Waals surface area contributed by atoms with Gasteiger partial charge in [-0.1, -0.05) is 23.7 Å². The predicted octanol–water partition coefficient (Wildman–Crippen LogP) is 3.51. The highest BCUT2D eigenvalue weighted by atomic mass is 35.5. The van der Waals surface area contributed by atoms with Crippen LogP contribution in [0.2, 0.25) is 5.02 Å². The zero-order valence-electron chi connectivity index (χ0n) is 14.3. The minimum Gasteiger partial charge on any atom is -0.339 e. The summed E-state index contributed by atoms with van der Waals surface area (Å²) in [6, 6.07) is 6.56. The SMILES string of the molecule is Cc1c(Cl)c(C(=O)N2CCC(c3ccc(F)cc3)CC2)cn(C)c1=O. The smallest absolute Gasteiger partial charge is 0.256 e. The van der Waals surface area contributed by atoms with Crippen LogP contribution in [0.3, 0.4) is 0 Å². The Kier molecular flexibility index (Phi) is 4.95. The standard InChI is InChI=1S/C19H20ClFN2O2/c1-12-17(20)16(11-22(2)18(12)24)19(25)23-9-7-14(8-10-23)13-3-5-15(21)6-4-13/h3-6,11,14H,7-10H2,1-2H3. The maximum Gasteiger partial charge on any atom is 0.256 e. The number of carbonyl (C=O) groups is 1. The predicted molar refractivity (Wildman–Crippen MR) is 95.7 cm³/mol. The third kappa shape index (κ3) is 3.47. The first-order valence-corrected chi connectivity index (χ1v) is 8.66. The van der Waals surface area contributed by atoms with Crippen molar-refractivity contribution in [2.24, 2.45) is 7.05 Å². The highest BCUT2D eigenvalue weighted by Crippen LogP contribution is 2.29. The molecule has 1 fully saturated rings. The van der Waals surface area contributed by atoms with Gasteiger partial charge in [-0.2, -0.15) is 0 Å². The van der Waals surface area contributed by atoms with E-state index in [1.54, 1.807) is 18.9 Å². The van der Waals surface area contributed by atoms with Gasteiger partial charge in [-0.15, -0.1) is 0 Å². The summed E-state index contributed by atoms with van der Waals surface area (Å²) in [5.41, 5.74) is 1.65. The summed E-state index contributed by atoms with van der Waals surface area (Å²) in [5, 5.41) is 0.230. The molecule has 2 heterocycles. The van der Waals surface area contributed by atoms with Gasteiger partial charge in [0.2, 0.25) is 0 Å². The van der Waals surface area contributed by atoms with E-state index in [-0.39, 0.29) is 22.3 Å². The largest absolute Gasteiger partial charge is 0.339 e. The third-order valence-corrected chi connectivity index (χ3v) is 5.37. The van der Waals surface area contributed by atoms with Crippen LogP contribution < -0.4 is 5.56 Å². The number of carbonyl (C=O) groups excluding carboxylic acids is 1. The first kappa shape index (κ1) is 17.7. The number of benzene rings is 1. The van der Waals surface area contributed by atoms with E-state index in [9.17, 15) is 14.0 Å². The molecule has 1 aromatic heterocycles. The van der Waals surface area contributed by atoms with Gasteiger partial charge in [0.05, 0.1) is 10.6 Å². The summed E-state index contributed by atoms with van der Waals surface area (Å²) < 4.78 is 14.4. The van der Waals surface area contributed by atoms with Crippen LogP contribution in [0.4, 0.5) is 4.39 Å². The van der Waals surface area contributed by atoms with Gasteiger partial charge in [0.25, 0.3) is 11.5 Å². The van der Waals surface area contributed by atoms with E-state index in [0.717, 1.165) is 18.4 Å². The number of likely N-dealkylation sites (tertiary alicyclic amines) is 1. The number of pyridine rings is 1. The zero-order chi connectivity index (χ0) is 18.1. The Morgan fingerprint density at radius 1 is 1.20 bits per heavy atom. The fraction of sp³-hybridized carbons (Fsp3) is 0.368. The van der Waals surface area contributed by atoms with Crippen molar-refractivity contribution in [1.82, 2.24) is 9.47 Å². The number of halogens is 2. The van der Waals surface area contributed by atoms with Crippen LogP contribution in [0.1, 0.15) is 40.2 Å². The van der Waals surface area contributed by atoms with E-state index in [1.807, 2.05) is 12.1 Å². The molecule has 1 saturated heterocycles. The maximum absolute atomic E-state index is 13.1. The van der Waals surface area contributed by atoms with Gasteiger partial charge >= 0.3 is 0 Å². The van der Waals surface area contributed by atoms with Crippen molar-refractivity contribution in [2.45, 2.75) is 25.7 Å². The number of amides is 1. The topological polar surface area (TPSA) is 42.3 Å². The zero-order valence-corrected chi connectivity index (χ0v) is 15.0. The van der Waals surface area contributed by atoms with Crippen molar-refractivity contribution in [3.8, 4) is 0 Å². The Labute approximate surface area is 150 Å². The molecule has 0 saturated carbocycles. The van der Waals surface area contributed by atoms with Crippen LogP contribution in [0.15, 0.2) is 35.3 Å². The molecule has 6 heteroatoms. The van der Waals surface area contributed by atoms with Gasteiger partial charge < -0.3 is 9.47 Å². The second-order valence-electron chi connectivity index (χ2n) is 6.52. The third-order valence-electron chi connectivity index (χ3n) is 4.88. The van der Waals surface area contributed by atoms with E-state index in [0.29, 0.717) is 30.1 Å². The number of nitrogens with zero attached hydrogens (tertiary/aromatic N) is 2. The quantitative estimate of drug-likeness (QED) is 0.820. The lowest BCUT2D eigenvalue weighted by atomic mass is 9.89. The van der Waals surface area contributed by atoms with Crippen molar-refractivity contribution in [2.75, 3.05) is 13.1 Å². The molecule has 1 aliphatic heterocycles. The van der Waals surface area contributed by atoms with Gasteiger partial charge in [0.15, 0.2) is 0 Å². The van der Waals surface area contributed by atoms with E-state index in [1.165, 1.54) is 22.9 Å². The number of hydrogen-bond acceptors (Lipinski definition) is 2. The van der Waals surface area contributed by atoms with Crippen LogP contribution in [0, 0.1) is 12.7 Å². The Morgan fingerprint density at radius 2 is 1.80 bits per heavy atom. The molecule has 0 bridgehead atoms. The van der Waals surface area contributed by atoms with Crippen LogP contribution in [0.25, 0.3) is 0 Å². The molecule has 3 rings (SSSR count). The molecular weight excluding hydrogens is 343 g/mol. The number of rotatable bonds is 2. The summed E-state index contributed by atoms with van der Waals surface area (Å²) in [6.45, 7) is 2.85. The molecule has 0 atom stereocenters. The summed E-state index contributed by atoms with van der Waals surface area (Å²) in [4.78, 5) is 26.5. The number of aromatic nitrogens is 1. The summed E-state index contributed by atoms with van der Waals surface area (Å²) in [5.74, 6) is -0.0701.